The van der Waals surface area contributed by atoms with Gasteiger partial charge in [0.05, 0.1) is 12.3 Å². The summed E-state index contributed by atoms with van der Waals surface area (Å²) in [7, 11) is 0. The van der Waals surface area contributed by atoms with Crippen molar-refractivity contribution in [3.05, 3.63) is 88.7 Å². The van der Waals surface area contributed by atoms with Crippen LogP contribution >= 0.6 is 11.6 Å². The molecule has 27 heavy (non-hydrogen) atoms. The van der Waals surface area contributed by atoms with Crippen molar-refractivity contribution in [3.8, 4) is 11.5 Å². The first-order valence-corrected chi connectivity index (χ1v) is 9.36. The quantitative estimate of drug-likeness (QED) is 0.565. The number of hydrogen-bond donors (Lipinski definition) is 1. The molecule has 0 atom stereocenters. The summed E-state index contributed by atoms with van der Waals surface area (Å²) >= 11 is 6.03. The molecule has 2 aromatic carbocycles. The zero-order chi connectivity index (χ0) is 18.9. The summed E-state index contributed by atoms with van der Waals surface area (Å²) in [5, 5.41) is 4.10. The lowest BCUT2D eigenvalue weighted by Crippen LogP contribution is -2.13. The third-order valence-electron chi connectivity index (χ3n) is 3.95. The fourth-order valence-electron chi connectivity index (χ4n) is 2.68. The maximum absolute atomic E-state index is 6.03. The average Bonchev–Trinajstić information content (AvgIpc) is 2.68. The molecule has 0 unspecified atom stereocenters. The van der Waals surface area contributed by atoms with Crippen LogP contribution in [0.15, 0.2) is 66.9 Å². The van der Waals surface area contributed by atoms with E-state index in [9.17, 15) is 0 Å². The molecular formula is C22H23ClN2O2. The summed E-state index contributed by atoms with van der Waals surface area (Å²) in [5.74, 6) is 1.47. The van der Waals surface area contributed by atoms with Crippen molar-refractivity contribution >= 4 is 11.6 Å². The molecule has 0 radical (unpaired) electrons. The topological polar surface area (TPSA) is 43.4 Å². The second kappa shape index (κ2) is 9.95. The van der Waals surface area contributed by atoms with E-state index in [1.165, 1.54) is 0 Å². The highest BCUT2D eigenvalue weighted by atomic mass is 35.5. The molecule has 0 bridgehead atoms. The van der Waals surface area contributed by atoms with Crippen LogP contribution in [0.25, 0.3) is 0 Å². The standard InChI is InChI=1S/C22H23ClN2O2/c1-2-26-22-13-17(14-24-15-20-8-3-4-11-25-20)9-10-21(22)27-16-18-6-5-7-19(23)12-18/h3-13,24H,2,14-16H2,1H3. The van der Waals surface area contributed by atoms with Crippen LogP contribution in [0.4, 0.5) is 0 Å². The van der Waals surface area contributed by atoms with E-state index in [2.05, 4.69) is 10.3 Å². The number of nitrogens with zero attached hydrogens (tertiary/aromatic N) is 1. The Morgan fingerprint density at radius 1 is 0.889 bits per heavy atom. The second-order valence-corrected chi connectivity index (χ2v) is 6.49. The van der Waals surface area contributed by atoms with Crippen molar-refractivity contribution in [2.24, 2.45) is 0 Å². The molecule has 0 saturated heterocycles. The molecule has 0 aliphatic rings. The molecule has 0 saturated carbocycles. The van der Waals surface area contributed by atoms with Gasteiger partial charge in [-0.2, -0.15) is 0 Å². The molecule has 0 spiro atoms. The Hall–Kier alpha value is -2.56. The minimum atomic E-state index is 0.442. The summed E-state index contributed by atoms with van der Waals surface area (Å²) in [6, 6.07) is 19.6. The smallest absolute Gasteiger partial charge is 0.161 e. The minimum Gasteiger partial charge on any atom is -0.490 e. The predicted molar refractivity (Wildman–Crippen MR) is 108 cm³/mol. The number of aromatic nitrogens is 1. The van der Waals surface area contributed by atoms with Crippen molar-refractivity contribution < 1.29 is 9.47 Å². The molecule has 0 amide bonds. The van der Waals surface area contributed by atoms with Crippen LogP contribution in [0.1, 0.15) is 23.7 Å². The third-order valence-corrected chi connectivity index (χ3v) is 4.19. The number of rotatable bonds is 9. The number of nitrogens with one attached hydrogen (secondary N) is 1. The van der Waals surface area contributed by atoms with E-state index < -0.39 is 0 Å². The minimum absolute atomic E-state index is 0.442. The Balaban J connectivity index is 1.61. The zero-order valence-corrected chi connectivity index (χ0v) is 16.1. The van der Waals surface area contributed by atoms with E-state index in [4.69, 9.17) is 21.1 Å². The van der Waals surface area contributed by atoms with Gasteiger partial charge in [0.1, 0.15) is 6.61 Å². The van der Waals surface area contributed by atoms with E-state index in [0.29, 0.717) is 18.2 Å². The van der Waals surface area contributed by atoms with Gasteiger partial charge in [0.15, 0.2) is 11.5 Å². The zero-order valence-electron chi connectivity index (χ0n) is 15.3. The van der Waals surface area contributed by atoms with Gasteiger partial charge in [-0.1, -0.05) is 35.9 Å². The van der Waals surface area contributed by atoms with Gasteiger partial charge >= 0.3 is 0 Å². The molecule has 5 heteroatoms. The molecule has 140 valence electrons. The first-order valence-electron chi connectivity index (χ1n) is 8.98. The Kier molecular flexibility index (Phi) is 7.08. The summed E-state index contributed by atoms with van der Waals surface area (Å²) in [6.45, 7) is 4.44. The highest BCUT2D eigenvalue weighted by Crippen LogP contribution is 2.29. The molecule has 0 fully saturated rings. The van der Waals surface area contributed by atoms with E-state index in [-0.39, 0.29) is 0 Å². The summed E-state index contributed by atoms with van der Waals surface area (Å²) in [4.78, 5) is 4.31. The maximum Gasteiger partial charge on any atom is 0.161 e. The maximum atomic E-state index is 6.03. The number of ether oxygens (including phenoxy) is 2. The normalized spacial score (nSPS) is 10.6. The lowest BCUT2D eigenvalue weighted by Gasteiger charge is -2.14. The van der Waals surface area contributed by atoms with E-state index in [1.807, 2.05) is 67.6 Å². The predicted octanol–water partition coefficient (Wildman–Crippen LogP) is 5.00. The molecule has 3 rings (SSSR count). The number of halogens is 1. The third kappa shape index (κ3) is 5.98. The van der Waals surface area contributed by atoms with Crippen LogP contribution in [-0.2, 0) is 19.7 Å². The Bertz CT molecular complexity index is 856. The van der Waals surface area contributed by atoms with E-state index in [1.54, 1.807) is 6.20 Å². The average molecular weight is 383 g/mol. The summed E-state index contributed by atoms with van der Waals surface area (Å²) in [6.07, 6.45) is 1.80. The molecule has 0 aliphatic heterocycles. The van der Waals surface area contributed by atoms with Gasteiger partial charge in [0.25, 0.3) is 0 Å². The van der Waals surface area contributed by atoms with Crippen molar-refractivity contribution in [2.45, 2.75) is 26.6 Å². The van der Waals surface area contributed by atoms with Crippen LogP contribution in [0, 0.1) is 0 Å². The number of pyridine rings is 1. The van der Waals surface area contributed by atoms with Crippen LogP contribution in [-0.4, -0.2) is 11.6 Å². The van der Waals surface area contributed by atoms with Crippen molar-refractivity contribution in [3.63, 3.8) is 0 Å². The second-order valence-electron chi connectivity index (χ2n) is 6.06. The number of benzene rings is 2. The summed E-state index contributed by atoms with van der Waals surface area (Å²) in [5.41, 5.74) is 3.17. The van der Waals surface area contributed by atoms with Crippen LogP contribution < -0.4 is 14.8 Å². The Labute approximate surface area is 165 Å². The largest absolute Gasteiger partial charge is 0.490 e. The highest BCUT2D eigenvalue weighted by molar-refractivity contribution is 6.30. The van der Waals surface area contributed by atoms with Gasteiger partial charge in [0, 0.05) is 24.3 Å². The lowest BCUT2D eigenvalue weighted by molar-refractivity contribution is 0.269. The van der Waals surface area contributed by atoms with Crippen LogP contribution in [0.3, 0.4) is 0 Å². The molecule has 3 aromatic rings. The summed E-state index contributed by atoms with van der Waals surface area (Å²) < 4.78 is 11.7. The molecule has 1 heterocycles. The fraction of sp³-hybridized carbons (Fsp3) is 0.227. The van der Waals surface area contributed by atoms with Crippen molar-refractivity contribution in [1.29, 1.82) is 0 Å². The van der Waals surface area contributed by atoms with E-state index >= 15 is 0 Å². The van der Waals surface area contributed by atoms with Crippen LogP contribution in [0.5, 0.6) is 11.5 Å². The molecule has 4 nitrogen and oxygen atoms in total. The lowest BCUT2D eigenvalue weighted by atomic mass is 10.2. The number of hydrogen-bond acceptors (Lipinski definition) is 4. The molecule has 0 aliphatic carbocycles. The van der Waals surface area contributed by atoms with Crippen molar-refractivity contribution in [1.82, 2.24) is 10.3 Å². The molecule has 1 N–H and O–H groups in total. The Morgan fingerprint density at radius 3 is 2.59 bits per heavy atom. The molecular weight excluding hydrogens is 360 g/mol. The SMILES string of the molecule is CCOc1cc(CNCc2ccccn2)ccc1OCc1cccc(Cl)c1. The van der Waals surface area contributed by atoms with Gasteiger partial charge in [-0.15, -0.1) is 0 Å². The van der Waals surface area contributed by atoms with Gasteiger partial charge in [-0.05, 0) is 54.4 Å². The fourth-order valence-corrected chi connectivity index (χ4v) is 2.89. The monoisotopic (exact) mass is 382 g/mol. The first-order chi connectivity index (χ1) is 13.2. The molecule has 1 aromatic heterocycles. The first kappa shape index (κ1) is 19.2. The van der Waals surface area contributed by atoms with Crippen LogP contribution in [0.2, 0.25) is 5.02 Å². The Morgan fingerprint density at radius 2 is 1.81 bits per heavy atom. The van der Waals surface area contributed by atoms with Gasteiger partial charge in [0.2, 0.25) is 0 Å². The highest BCUT2D eigenvalue weighted by Gasteiger charge is 2.07. The van der Waals surface area contributed by atoms with E-state index in [0.717, 1.165) is 41.4 Å². The van der Waals surface area contributed by atoms with Gasteiger partial charge < -0.3 is 14.8 Å². The van der Waals surface area contributed by atoms with Gasteiger partial charge in [-0.3, -0.25) is 4.98 Å². The van der Waals surface area contributed by atoms with Crippen molar-refractivity contribution in [2.75, 3.05) is 6.61 Å². The van der Waals surface area contributed by atoms with Gasteiger partial charge in [-0.25, -0.2) is 0 Å².